The third kappa shape index (κ3) is 2.67. The molecule has 0 spiro atoms. The van der Waals surface area contributed by atoms with Gasteiger partial charge in [-0.15, -0.1) is 0 Å². The lowest BCUT2D eigenvalue weighted by Crippen LogP contribution is -2.31. The van der Waals surface area contributed by atoms with Crippen molar-refractivity contribution in [3.05, 3.63) is 71.1 Å². The minimum Gasteiger partial charge on any atom is -0.472 e. The van der Waals surface area contributed by atoms with Gasteiger partial charge in [0.15, 0.2) is 0 Å². The summed E-state index contributed by atoms with van der Waals surface area (Å²) >= 11 is 0. The van der Waals surface area contributed by atoms with Crippen LogP contribution >= 0.6 is 0 Å². The van der Waals surface area contributed by atoms with Gasteiger partial charge in [-0.05, 0) is 38.5 Å². The summed E-state index contributed by atoms with van der Waals surface area (Å²) < 4.78 is 6.93. The van der Waals surface area contributed by atoms with Crippen molar-refractivity contribution >= 4 is 17.5 Å². The number of amides is 1. The number of aryl methyl sites for hydroxylation is 2. The quantitative estimate of drug-likeness (QED) is 0.757. The van der Waals surface area contributed by atoms with E-state index in [0.29, 0.717) is 11.5 Å². The lowest BCUT2D eigenvalue weighted by molar-refractivity contribution is -0.113. The highest BCUT2D eigenvalue weighted by molar-refractivity contribution is 6.06. The van der Waals surface area contributed by atoms with E-state index < -0.39 is 6.04 Å². The Kier molecular flexibility index (Phi) is 3.84. The highest BCUT2D eigenvalue weighted by atomic mass is 16.3. The molecule has 0 aliphatic carbocycles. The molecule has 0 saturated heterocycles. The van der Waals surface area contributed by atoms with Crippen molar-refractivity contribution in [1.82, 2.24) is 14.8 Å². The number of hydrogen-bond acceptors (Lipinski definition) is 5. The number of furan rings is 1. The molecule has 1 aliphatic rings. The Hall–Kier alpha value is -3.35. The molecule has 7 heteroatoms. The summed E-state index contributed by atoms with van der Waals surface area (Å²) in [4.78, 5) is 17.4. The van der Waals surface area contributed by atoms with Crippen LogP contribution in [0.15, 0.2) is 58.8 Å². The maximum atomic E-state index is 13.2. The van der Waals surface area contributed by atoms with Crippen LogP contribution in [0.1, 0.15) is 29.7 Å². The number of aromatic nitrogens is 3. The van der Waals surface area contributed by atoms with E-state index in [1.54, 1.807) is 17.2 Å². The molecular formula is C19H19N5O2. The molecule has 1 unspecified atom stereocenters. The fraction of sp³-hybridized carbons (Fsp3) is 0.211. The standard InChI is InChI=1S/C19H19N5O2/c1-11-4-5-15(12(2)8-11)23-18(25)16-13(3)22-19-20-10-21-24(19)17(16)14-6-7-26-9-14/h4-10,17H,1-3H3,(H,23,25)(H,20,21,22). The van der Waals surface area contributed by atoms with E-state index in [9.17, 15) is 4.79 Å². The van der Waals surface area contributed by atoms with Crippen LogP contribution in [0.5, 0.6) is 0 Å². The van der Waals surface area contributed by atoms with Crippen LogP contribution in [0.4, 0.5) is 11.6 Å². The van der Waals surface area contributed by atoms with Crippen molar-refractivity contribution in [2.75, 3.05) is 10.6 Å². The van der Waals surface area contributed by atoms with Gasteiger partial charge >= 0.3 is 0 Å². The molecule has 1 atom stereocenters. The van der Waals surface area contributed by atoms with Gasteiger partial charge in [0.2, 0.25) is 5.95 Å². The van der Waals surface area contributed by atoms with E-state index in [1.807, 2.05) is 45.0 Å². The van der Waals surface area contributed by atoms with Crippen LogP contribution in [-0.4, -0.2) is 20.7 Å². The summed E-state index contributed by atoms with van der Waals surface area (Å²) in [7, 11) is 0. The van der Waals surface area contributed by atoms with Crippen LogP contribution in [0.25, 0.3) is 0 Å². The van der Waals surface area contributed by atoms with Gasteiger partial charge < -0.3 is 15.1 Å². The lowest BCUT2D eigenvalue weighted by Gasteiger charge is -2.27. The van der Waals surface area contributed by atoms with E-state index in [4.69, 9.17) is 4.42 Å². The zero-order valence-corrected chi connectivity index (χ0v) is 14.8. The van der Waals surface area contributed by atoms with Gasteiger partial charge in [-0.3, -0.25) is 4.79 Å². The third-order valence-corrected chi connectivity index (χ3v) is 4.53. The lowest BCUT2D eigenvalue weighted by atomic mass is 9.97. The number of benzene rings is 1. The third-order valence-electron chi connectivity index (χ3n) is 4.53. The average molecular weight is 349 g/mol. The zero-order chi connectivity index (χ0) is 18.3. The van der Waals surface area contributed by atoms with Crippen LogP contribution in [-0.2, 0) is 4.79 Å². The number of nitrogens with zero attached hydrogens (tertiary/aromatic N) is 3. The zero-order valence-electron chi connectivity index (χ0n) is 14.8. The minimum atomic E-state index is -0.404. The van der Waals surface area contributed by atoms with Crippen LogP contribution in [0.2, 0.25) is 0 Å². The molecule has 1 amide bonds. The number of hydrogen-bond donors (Lipinski definition) is 2. The summed E-state index contributed by atoms with van der Waals surface area (Å²) in [5.74, 6) is 0.408. The van der Waals surface area contributed by atoms with Crippen molar-refractivity contribution in [3.63, 3.8) is 0 Å². The number of anilines is 2. The second-order valence-corrected chi connectivity index (χ2v) is 6.42. The number of carbonyl (C=O) groups is 1. The maximum Gasteiger partial charge on any atom is 0.255 e. The number of fused-ring (bicyclic) bond motifs is 1. The first-order valence-corrected chi connectivity index (χ1v) is 8.32. The van der Waals surface area contributed by atoms with Crippen molar-refractivity contribution in [2.45, 2.75) is 26.8 Å². The summed E-state index contributed by atoms with van der Waals surface area (Å²) in [6, 6.07) is 7.37. The second-order valence-electron chi connectivity index (χ2n) is 6.42. The molecule has 0 fully saturated rings. The van der Waals surface area contributed by atoms with Crippen LogP contribution < -0.4 is 10.6 Å². The van der Waals surface area contributed by atoms with E-state index in [2.05, 4.69) is 20.7 Å². The molecule has 0 radical (unpaired) electrons. The van der Waals surface area contributed by atoms with Crippen molar-refractivity contribution in [3.8, 4) is 0 Å². The number of allylic oxidation sites excluding steroid dienone is 1. The minimum absolute atomic E-state index is 0.186. The second kappa shape index (κ2) is 6.18. The molecular weight excluding hydrogens is 330 g/mol. The first-order chi connectivity index (χ1) is 12.5. The van der Waals surface area contributed by atoms with Gasteiger partial charge in [-0.25, -0.2) is 4.68 Å². The normalized spacial score (nSPS) is 16.2. The highest BCUT2D eigenvalue weighted by Gasteiger charge is 2.34. The predicted molar refractivity (Wildman–Crippen MR) is 97.7 cm³/mol. The first kappa shape index (κ1) is 16.1. The summed E-state index contributed by atoms with van der Waals surface area (Å²) in [6.07, 6.45) is 4.68. The molecule has 2 N–H and O–H groups in total. The number of nitrogens with one attached hydrogen (secondary N) is 2. The van der Waals surface area contributed by atoms with Gasteiger partial charge in [0.05, 0.1) is 18.1 Å². The van der Waals surface area contributed by atoms with Crippen LogP contribution in [0, 0.1) is 13.8 Å². The Bertz CT molecular complexity index is 1000. The van der Waals surface area contributed by atoms with E-state index in [-0.39, 0.29) is 5.91 Å². The van der Waals surface area contributed by atoms with Crippen molar-refractivity contribution in [1.29, 1.82) is 0 Å². The fourth-order valence-corrected chi connectivity index (χ4v) is 3.27. The molecule has 4 rings (SSSR count). The maximum absolute atomic E-state index is 13.2. The summed E-state index contributed by atoms with van der Waals surface area (Å²) in [6.45, 7) is 5.87. The van der Waals surface area contributed by atoms with E-state index in [0.717, 1.165) is 28.1 Å². The molecule has 1 aliphatic heterocycles. The smallest absolute Gasteiger partial charge is 0.255 e. The Balaban J connectivity index is 1.74. The number of rotatable bonds is 3. The molecule has 0 bridgehead atoms. The Morgan fingerprint density at radius 2 is 2.12 bits per heavy atom. The van der Waals surface area contributed by atoms with Gasteiger partial charge in [0, 0.05) is 16.9 Å². The molecule has 7 nitrogen and oxygen atoms in total. The molecule has 0 saturated carbocycles. The topological polar surface area (TPSA) is 85.0 Å². The highest BCUT2D eigenvalue weighted by Crippen LogP contribution is 2.35. The SMILES string of the molecule is CC1=C(C(=O)Nc2ccc(C)cc2C)C(c2ccoc2)n2ncnc2N1. The van der Waals surface area contributed by atoms with Gasteiger partial charge in [-0.1, -0.05) is 17.7 Å². The predicted octanol–water partition coefficient (Wildman–Crippen LogP) is 3.42. The molecule has 1 aromatic carbocycles. The molecule has 3 aromatic rings. The first-order valence-electron chi connectivity index (χ1n) is 8.32. The molecule has 3 heterocycles. The Morgan fingerprint density at radius 1 is 1.27 bits per heavy atom. The number of carbonyl (C=O) groups excluding carboxylic acids is 1. The summed E-state index contributed by atoms with van der Waals surface area (Å²) in [5, 5.41) is 10.5. The summed E-state index contributed by atoms with van der Waals surface area (Å²) in [5.41, 5.74) is 5.10. The average Bonchev–Trinajstić information content (AvgIpc) is 3.27. The van der Waals surface area contributed by atoms with Gasteiger partial charge in [0.1, 0.15) is 12.4 Å². The van der Waals surface area contributed by atoms with Gasteiger partial charge in [-0.2, -0.15) is 10.1 Å². The van der Waals surface area contributed by atoms with Crippen LogP contribution in [0.3, 0.4) is 0 Å². The van der Waals surface area contributed by atoms with E-state index in [1.165, 1.54) is 6.33 Å². The Morgan fingerprint density at radius 3 is 2.85 bits per heavy atom. The van der Waals surface area contributed by atoms with Crippen molar-refractivity contribution in [2.24, 2.45) is 0 Å². The molecule has 2 aromatic heterocycles. The largest absolute Gasteiger partial charge is 0.472 e. The monoisotopic (exact) mass is 349 g/mol. The Labute approximate surface area is 150 Å². The van der Waals surface area contributed by atoms with Crippen molar-refractivity contribution < 1.29 is 9.21 Å². The fourth-order valence-electron chi connectivity index (χ4n) is 3.27. The van der Waals surface area contributed by atoms with E-state index >= 15 is 0 Å². The van der Waals surface area contributed by atoms with Gasteiger partial charge in [0.25, 0.3) is 5.91 Å². The molecule has 26 heavy (non-hydrogen) atoms. The molecule has 132 valence electrons.